The predicted octanol–water partition coefficient (Wildman–Crippen LogP) is 0.210. The number of alkyl halides is 1. The number of nitrogens with one attached hydrogen (secondary N) is 2. The first-order valence-corrected chi connectivity index (χ1v) is 9.15. The first kappa shape index (κ1) is 17.4. The maximum Gasteiger partial charge on any atom is 0.221 e. The number of hydrogen-bond donors (Lipinski definition) is 2. The van der Waals surface area contributed by atoms with Crippen molar-refractivity contribution in [1.29, 1.82) is 0 Å². The van der Waals surface area contributed by atoms with Crippen molar-refractivity contribution in [3.8, 4) is 0 Å². The molecule has 1 atom stereocenters. The van der Waals surface area contributed by atoms with E-state index in [1.54, 1.807) is 0 Å². The van der Waals surface area contributed by atoms with Gasteiger partial charge in [0, 0.05) is 25.3 Å². The van der Waals surface area contributed by atoms with Gasteiger partial charge >= 0.3 is 0 Å². The van der Waals surface area contributed by atoms with Gasteiger partial charge in [-0.2, -0.15) is 0 Å². The van der Waals surface area contributed by atoms with Crippen molar-refractivity contribution in [2.45, 2.75) is 6.04 Å². The average molecular weight is 365 g/mol. The topological polar surface area (TPSA) is 53.9 Å². The summed E-state index contributed by atoms with van der Waals surface area (Å²) in [4.78, 5) is 3.22. The van der Waals surface area contributed by atoms with Gasteiger partial charge in [0.05, 0.1) is 20.6 Å². The van der Waals surface area contributed by atoms with E-state index in [9.17, 15) is 8.42 Å². The summed E-state index contributed by atoms with van der Waals surface area (Å²) in [6, 6.07) is 8.28. The molecule has 0 fully saturated rings. The number of likely N-dealkylation sites (N-methyl/N-ethyl adjacent to an activating group) is 1. The number of anilines is 1. The third-order valence-electron chi connectivity index (χ3n) is 3.16. The van der Waals surface area contributed by atoms with E-state index < -0.39 is 10.0 Å². The van der Waals surface area contributed by atoms with Crippen LogP contribution >= 0.6 is 15.9 Å². The second-order valence-electron chi connectivity index (χ2n) is 5.19. The van der Waals surface area contributed by atoms with Crippen LogP contribution in [0.2, 0.25) is 0 Å². The fourth-order valence-electron chi connectivity index (χ4n) is 1.91. The Hall–Kier alpha value is -0.630. The molecule has 20 heavy (non-hydrogen) atoms. The molecule has 0 aliphatic carbocycles. The molecule has 2 N–H and O–H groups in total. The van der Waals surface area contributed by atoms with Crippen LogP contribution in [0.5, 0.6) is 0 Å². The zero-order valence-electron chi connectivity index (χ0n) is 12.4. The van der Waals surface area contributed by atoms with Gasteiger partial charge in [-0.25, -0.2) is 13.1 Å². The summed E-state index contributed by atoms with van der Waals surface area (Å²) in [5.41, 5.74) is 2.25. The maximum absolute atomic E-state index is 11.5. The summed E-state index contributed by atoms with van der Waals surface area (Å²) < 4.78 is 25.6. The maximum atomic E-state index is 11.5. The van der Waals surface area contributed by atoms with Gasteiger partial charge in [0.15, 0.2) is 0 Å². The molecule has 1 aromatic carbocycles. The minimum absolute atomic E-state index is 0.0744. The lowest BCUT2D eigenvalue weighted by Crippen LogP contribution is -3.07. The Labute approximate surface area is 130 Å². The van der Waals surface area contributed by atoms with Gasteiger partial charge < -0.3 is 9.80 Å². The van der Waals surface area contributed by atoms with Crippen LogP contribution in [-0.4, -0.2) is 47.8 Å². The van der Waals surface area contributed by atoms with Gasteiger partial charge in [-0.05, 0) is 12.1 Å². The third-order valence-corrected chi connectivity index (χ3v) is 5.86. The Morgan fingerprint density at radius 2 is 1.80 bits per heavy atom. The molecule has 0 aliphatic heterocycles. The number of nitrogens with zero attached hydrogens (tertiary/aromatic N) is 1. The van der Waals surface area contributed by atoms with E-state index in [-0.39, 0.29) is 10.7 Å². The Kier molecular flexibility index (Phi) is 6.44. The Balaban J connectivity index is 2.86. The molecule has 0 aromatic heterocycles. The Morgan fingerprint density at radius 1 is 1.25 bits per heavy atom. The smallest absolute Gasteiger partial charge is 0.221 e. The SMILES string of the molecule is CN(C)c1ccc([C@@H](CNS(=O)(=O)CBr)[NH+](C)C)cc1. The van der Waals surface area contributed by atoms with Gasteiger partial charge in [0.25, 0.3) is 0 Å². The van der Waals surface area contributed by atoms with Crippen molar-refractivity contribution >= 4 is 31.6 Å². The van der Waals surface area contributed by atoms with Crippen LogP contribution < -0.4 is 14.5 Å². The second-order valence-corrected chi connectivity index (χ2v) is 8.30. The molecule has 0 bridgehead atoms. The quantitative estimate of drug-likeness (QED) is 0.680. The van der Waals surface area contributed by atoms with E-state index in [1.165, 1.54) is 4.90 Å². The molecule has 1 aromatic rings. The van der Waals surface area contributed by atoms with Crippen molar-refractivity contribution in [3.05, 3.63) is 29.8 Å². The third kappa shape index (κ3) is 5.05. The van der Waals surface area contributed by atoms with E-state index in [4.69, 9.17) is 0 Å². The summed E-state index contributed by atoms with van der Waals surface area (Å²) in [7, 11) is 4.80. The Morgan fingerprint density at radius 3 is 2.20 bits per heavy atom. The average Bonchev–Trinajstić information content (AvgIpc) is 2.39. The van der Waals surface area contributed by atoms with Gasteiger partial charge in [-0.1, -0.05) is 28.1 Å². The van der Waals surface area contributed by atoms with Crippen molar-refractivity contribution in [2.24, 2.45) is 0 Å². The minimum Gasteiger partial charge on any atom is -0.378 e. The lowest BCUT2D eigenvalue weighted by atomic mass is 10.1. The van der Waals surface area contributed by atoms with Crippen molar-refractivity contribution in [1.82, 2.24) is 4.72 Å². The van der Waals surface area contributed by atoms with Crippen molar-refractivity contribution < 1.29 is 13.3 Å². The van der Waals surface area contributed by atoms with Gasteiger partial charge in [-0.15, -0.1) is 0 Å². The highest BCUT2D eigenvalue weighted by Crippen LogP contribution is 2.16. The fourth-order valence-corrected chi connectivity index (χ4v) is 2.89. The second kappa shape index (κ2) is 7.40. The molecule has 5 nitrogen and oxygen atoms in total. The zero-order chi connectivity index (χ0) is 15.3. The lowest BCUT2D eigenvalue weighted by Gasteiger charge is -2.23. The number of quaternary nitrogens is 1. The molecule has 114 valence electrons. The fraction of sp³-hybridized carbons (Fsp3) is 0.538. The van der Waals surface area contributed by atoms with Crippen LogP contribution in [0.3, 0.4) is 0 Å². The molecule has 0 saturated heterocycles. The van der Waals surface area contributed by atoms with E-state index in [0.29, 0.717) is 6.54 Å². The normalized spacial score (nSPS) is 13.5. The first-order chi connectivity index (χ1) is 9.26. The van der Waals surface area contributed by atoms with Gasteiger partial charge in [-0.3, -0.25) is 0 Å². The molecule has 0 spiro atoms. The highest BCUT2D eigenvalue weighted by Gasteiger charge is 2.20. The highest BCUT2D eigenvalue weighted by molar-refractivity contribution is 9.10. The van der Waals surface area contributed by atoms with Crippen LogP contribution in [0.1, 0.15) is 11.6 Å². The summed E-state index contributed by atoms with van der Waals surface area (Å²) in [6.45, 7) is 0.386. The number of sulfonamides is 1. The molecule has 0 saturated carbocycles. The van der Waals surface area contributed by atoms with Crippen LogP contribution in [-0.2, 0) is 10.0 Å². The predicted molar refractivity (Wildman–Crippen MR) is 87.0 cm³/mol. The first-order valence-electron chi connectivity index (χ1n) is 6.37. The van der Waals surface area contributed by atoms with Crippen LogP contribution in [0.25, 0.3) is 0 Å². The number of halogens is 1. The molecule has 7 heteroatoms. The summed E-state index contributed by atoms with van der Waals surface area (Å²) in [6.07, 6.45) is 0. The molecule has 1 rings (SSSR count). The number of rotatable bonds is 7. The van der Waals surface area contributed by atoms with Crippen LogP contribution in [0, 0.1) is 0 Å². The zero-order valence-corrected chi connectivity index (χ0v) is 14.8. The minimum atomic E-state index is -3.23. The van der Waals surface area contributed by atoms with Gasteiger partial charge in [0.2, 0.25) is 10.0 Å². The molecule has 0 heterocycles. The monoisotopic (exact) mass is 364 g/mol. The molecule has 0 radical (unpaired) electrons. The van der Waals surface area contributed by atoms with Gasteiger partial charge in [0.1, 0.15) is 10.7 Å². The van der Waals surface area contributed by atoms with E-state index in [0.717, 1.165) is 11.3 Å². The van der Waals surface area contributed by atoms with Crippen molar-refractivity contribution in [2.75, 3.05) is 44.3 Å². The molecule has 0 unspecified atom stereocenters. The van der Waals surface area contributed by atoms with E-state index >= 15 is 0 Å². The van der Waals surface area contributed by atoms with Crippen LogP contribution in [0.4, 0.5) is 5.69 Å². The molecule has 0 aliphatic rings. The number of hydrogen-bond acceptors (Lipinski definition) is 3. The lowest BCUT2D eigenvalue weighted by molar-refractivity contribution is -0.890. The molecule has 0 amide bonds. The molecular weight excluding hydrogens is 342 g/mol. The van der Waals surface area contributed by atoms with Crippen molar-refractivity contribution in [3.63, 3.8) is 0 Å². The standard InChI is InChI=1S/C13H22BrN3O2S/c1-16(2)12-7-5-11(6-8-12)13(17(3)4)9-15-20(18,19)10-14/h5-8,13,15H,9-10H2,1-4H3/p+1/t13-/m1/s1. The largest absolute Gasteiger partial charge is 0.378 e. The van der Waals surface area contributed by atoms with Crippen LogP contribution in [0.15, 0.2) is 24.3 Å². The summed E-state index contributed by atoms with van der Waals surface area (Å²) >= 11 is 2.98. The molecular formula is C13H23BrN3O2S+. The summed E-state index contributed by atoms with van der Waals surface area (Å²) in [5.74, 6) is 0. The Bertz CT molecular complexity index is 515. The van der Waals surface area contributed by atoms with E-state index in [1.807, 2.05) is 45.2 Å². The number of benzene rings is 1. The summed E-state index contributed by atoms with van der Waals surface area (Å²) in [5, 5.41) is 0. The van der Waals surface area contributed by atoms with E-state index in [2.05, 4.69) is 32.8 Å². The highest BCUT2D eigenvalue weighted by atomic mass is 79.9.